The van der Waals surface area contributed by atoms with Crippen LogP contribution in [0.4, 0.5) is 11.4 Å². The Hall–Kier alpha value is -2.02. The van der Waals surface area contributed by atoms with Crippen LogP contribution in [0.2, 0.25) is 0 Å². The van der Waals surface area contributed by atoms with Gasteiger partial charge in [0.25, 0.3) is 0 Å². The van der Waals surface area contributed by atoms with E-state index in [1.807, 2.05) is 26.8 Å². The first-order chi connectivity index (χ1) is 7.95. The van der Waals surface area contributed by atoms with Crippen molar-refractivity contribution in [3.63, 3.8) is 0 Å². The predicted molar refractivity (Wildman–Crippen MR) is 68.2 cm³/mol. The van der Waals surface area contributed by atoms with E-state index in [9.17, 15) is 4.79 Å². The molecular weight excluding hydrogens is 214 g/mol. The molecular formula is C13H17N3O. The van der Waals surface area contributed by atoms with Gasteiger partial charge < -0.3 is 11.1 Å². The predicted octanol–water partition coefficient (Wildman–Crippen LogP) is 2.37. The molecule has 0 heterocycles. The van der Waals surface area contributed by atoms with Gasteiger partial charge in [0.05, 0.1) is 11.3 Å². The minimum absolute atomic E-state index is 0.0822. The smallest absolute Gasteiger partial charge is 0.227 e. The quantitative estimate of drug-likeness (QED) is 0.784. The molecule has 0 bridgehead atoms. The molecule has 0 aliphatic rings. The van der Waals surface area contributed by atoms with Crippen LogP contribution in [0.1, 0.15) is 26.3 Å². The molecule has 0 aliphatic heterocycles. The van der Waals surface area contributed by atoms with Crippen LogP contribution in [-0.2, 0) is 4.79 Å². The number of nitrogens with one attached hydrogen (secondary N) is 1. The zero-order valence-electron chi connectivity index (χ0n) is 10.3. The second-order valence-corrected chi connectivity index (χ2v) is 4.44. The number of hydrogen-bond acceptors (Lipinski definition) is 3. The molecule has 0 saturated heterocycles. The van der Waals surface area contributed by atoms with Crippen LogP contribution in [0.15, 0.2) is 18.2 Å². The number of nitrogen functional groups attached to an aromatic ring is 1. The van der Waals surface area contributed by atoms with Crippen LogP contribution >= 0.6 is 0 Å². The molecule has 0 aliphatic carbocycles. The lowest BCUT2D eigenvalue weighted by Crippen LogP contribution is -2.24. The lowest BCUT2D eigenvalue weighted by atomic mass is 9.97. The summed E-state index contributed by atoms with van der Waals surface area (Å²) in [5, 5.41) is 11.7. The van der Waals surface area contributed by atoms with Crippen molar-refractivity contribution >= 4 is 17.3 Å². The summed E-state index contributed by atoms with van der Waals surface area (Å²) < 4.78 is 0. The Balaban J connectivity index is 2.89. The highest BCUT2D eigenvalue weighted by atomic mass is 16.1. The lowest BCUT2D eigenvalue weighted by molar-refractivity contribution is -0.120. The number of amides is 1. The van der Waals surface area contributed by atoms with Crippen molar-refractivity contribution < 1.29 is 4.79 Å². The summed E-state index contributed by atoms with van der Waals surface area (Å²) in [4.78, 5) is 11.9. The third kappa shape index (κ3) is 3.22. The molecule has 1 atom stereocenters. The highest BCUT2D eigenvalue weighted by Gasteiger charge is 2.17. The van der Waals surface area contributed by atoms with Crippen LogP contribution in [0.5, 0.6) is 0 Å². The number of carbonyl (C=O) groups is 1. The molecule has 1 aromatic carbocycles. The van der Waals surface area contributed by atoms with E-state index in [1.165, 1.54) is 0 Å². The number of rotatable bonds is 3. The maximum Gasteiger partial charge on any atom is 0.227 e. The summed E-state index contributed by atoms with van der Waals surface area (Å²) in [5.74, 6) is 0.0784. The number of benzene rings is 1. The fourth-order valence-electron chi connectivity index (χ4n) is 1.31. The van der Waals surface area contributed by atoms with Gasteiger partial charge >= 0.3 is 0 Å². The largest absolute Gasteiger partial charge is 0.399 e. The molecule has 4 nitrogen and oxygen atoms in total. The molecule has 90 valence electrons. The maximum absolute atomic E-state index is 11.9. The first kappa shape index (κ1) is 13.0. The Morgan fingerprint density at radius 3 is 2.59 bits per heavy atom. The normalized spacial score (nSPS) is 11.9. The topological polar surface area (TPSA) is 78.9 Å². The minimum Gasteiger partial charge on any atom is -0.399 e. The number of nitriles is 1. The molecule has 0 aromatic heterocycles. The molecule has 0 fully saturated rings. The lowest BCUT2D eigenvalue weighted by Gasteiger charge is -2.16. The molecule has 1 rings (SSSR count). The molecule has 17 heavy (non-hydrogen) atoms. The highest BCUT2D eigenvalue weighted by molar-refractivity contribution is 5.94. The average molecular weight is 231 g/mol. The van der Waals surface area contributed by atoms with Crippen molar-refractivity contribution in [1.29, 1.82) is 5.26 Å². The van der Waals surface area contributed by atoms with Crippen LogP contribution in [0, 0.1) is 23.2 Å². The maximum atomic E-state index is 11.9. The van der Waals surface area contributed by atoms with Gasteiger partial charge in [-0.3, -0.25) is 4.79 Å². The van der Waals surface area contributed by atoms with E-state index >= 15 is 0 Å². The molecule has 3 N–H and O–H groups in total. The van der Waals surface area contributed by atoms with Crippen LogP contribution in [0.3, 0.4) is 0 Å². The average Bonchev–Trinajstić information content (AvgIpc) is 2.30. The summed E-state index contributed by atoms with van der Waals surface area (Å²) in [5.41, 5.74) is 6.99. The van der Waals surface area contributed by atoms with E-state index in [0.29, 0.717) is 16.9 Å². The minimum atomic E-state index is -0.0981. The standard InChI is InChI=1S/C13H17N3O/c1-8(2)9(3)13(17)16-12-5-4-11(15)6-10(12)7-14/h4-6,8-9H,15H2,1-3H3,(H,16,17). The molecule has 1 amide bonds. The van der Waals surface area contributed by atoms with E-state index in [2.05, 4.69) is 5.32 Å². The van der Waals surface area contributed by atoms with Gasteiger partial charge in [-0.25, -0.2) is 0 Å². The number of nitrogens with zero attached hydrogens (tertiary/aromatic N) is 1. The molecule has 0 radical (unpaired) electrons. The van der Waals surface area contributed by atoms with Gasteiger partial charge in [-0.1, -0.05) is 20.8 Å². The number of carbonyl (C=O) groups excluding carboxylic acids is 1. The van der Waals surface area contributed by atoms with E-state index in [0.717, 1.165) is 0 Å². The summed E-state index contributed by atoms with van der Waals surface area (Å²) in [7, 11) is 0. The Bertz CT molecular complexity index is 460. The van der Waals surface area contributed by atoms with Gasteiger partial charge in [0.15, 0.2) is 0 Å². The fraction of sp³-hybridized carbons (Fsp3) is 0.385. The Labute approximate surface area is 101 Å². The summed E-state index contributed by atoms with van der Waals surface area (Å²) in [6.07, 6.45) is 0. The van der Waals surface area contributed by atoms with E-state index in [4.69, 9.17) is 11.0 Å². The van der Waals surface area contributed by atoms with Gasteiger partial charge in [0, 0.05) is 11.6 Å². The molecule has 1 unspecified atom stereocenters. The second-order valence-electron chi connectivity index (χ2n) is 4.44. The highest BCUT2D eigenvalue weighted by Crippen LogP contribution is 2.20. The summed E-state index contributed by atoms with van der Waals surface area (Å²) >= 11 is 0. The van der Waals surface area contributed by atoms with Crippen molar-refractivity contribution in [1.82, 2.24) is 0 Å². The summed E-state index contributed by atoms with van der Waals surface area (Å²) in [6.45, 7) is 5.83. The number of anilines is 2. The van der Waals surface area contributed by atoms with Crippen molar-refractivity contribution in [2.24, 2.45) is 11.8 Å². The SMILES string of the molecule is CC(C)C(C)C(=O)Nc1ccc(N)cc1C#N. The van der Waals surface area contributed by atoms with Crippen molar-refractivity contribution in [3.8, 4) is 6.07 Å². The molecule has 1 aromatic rings. The number of nitrogens with two attached hydrogens (primary N) is 1. The van der Waals surface area contributed by atoms with Crippen LogP contribution in [-0.4, -0.2) is 5.91 Å². The molecule has 4 heteroatoms. The fourth-order valence-corrected chi connectivity index (χ4v) is 1.31. The zero-order valence-corrected chi connectivity index (χ0v) is 10.3. The number of hydrogen-bond donors (Lipinski definition) is 2. The van der Waals surface area contributed by atoms with Crippen LogP contribution < -0.4 is 11.1 Å². The van der Waals surface area contributed by atoms with Gasteiger partial charge in [0.2, 0.25) is 5.91 Å². The summed E-state index contributed by atoms with van der Waals surface area (Å²) in [6, 6.07) is 6.88. The van der Waals surface area contributed by atoms with Gasteiger partial charge in [-0.05, 0) is 24.1 Å². The van der Waals surface area contributed by atoms with Gasteiger partial charge in [0.1, 0.15) is 6.07 Å². The van der Waals surface area contributed by atoms with Gasteiger partial charge in [-0.2, -0.15) is 5.26 Å². The van der Waals surface area contributed by atoms with Gasteiger partial charge in [-0.15, -0.1) is 0 Å². The molecule has 0 spiro atoms. The van der Waals surface area contributed by atoms with Crippen molar-refractivity contribution in [2.75, 3.05) is 11.1 Å². The van der Waals surface area contributed by atoms with E-state index in [-0.39, 0.29) is 17.7 Å². The van der Waals surface area contributed by atoms with E-state index in [1.54, 1.807) is 18.2 Å². The third-order valence-corrected chi connectivity index (χ3v) is 2.84. The Morgan fingerprint density at radius 2 is 2.06 bits per heavy atom. The third-order valence-electron chi connectivity index (χ3n) is 2.84. The first-order valence-corrected chi connectivity index (χ1v) is 5.56. The Kier molecular flexibility index (Phi) is 4.11. The zero-order chi connectivity index (χ0) is 13.0. The molecule has 0 saturated carbocycles. The first-order valence-electron chi connectivity index (χ1n) is 5.56. The van der Waals surface area contributed by atoms with E-state index < -0.39 is 0 Å². The Morgan fingerprint density at radius 1 is 1.41 bits per heavy atom. The van der Waals surface area contributed by atoms with Crippen molar-refractivity contribution in [3.05, 3.63) is 23.8 Å². The second kappa shape index (κ2) is 5.35. The monoisotopic (exact) mass is 231 g/mol. The van der Waals surface area contributed by atoms with Crippen LogP contribution in [0.25, 0.3) is 0 Å². The van der Waals surface area contributed by atoms with Crippen molar-refractivity contribution in [2.45, 2.75) is 20.8 Å².